The van der Waals surface area contributed by atoms with E-state index in [4.69, 9.17) is 14.2 Å². The van der Waals surface area contributed by atoms with E-state index in [0.29, 0.717) is 29.5 Å². The third kappa shape index (κ3) is 3.77. The predicted octanol–water partition coefficient (Wildman–Crippen LogP) is 1.51. The summed E-state index contributed by atoms with van der Waals surface area (Å²) in [6.07, 6.45) is 0. The number of ether oxygens (including phenoxy) is 3. The second-order valence-corrected chi connectivity index (χ2v) is 4.36. The summed E-state index contributed by atoms with van der Waals surface area (Å²) in [5.74, 6) is 1.29. The van der Waals surface area contributed by atoms with E-state index in [1.54, 1.807) is 12.1 Å². The van der Waals surface area contributed by atoms with Crippen molar-refractivity contribution in [1.29, 1.82) is 0 Å². The number of nitrogens with one attached hydrogen (secondary N) is 2. The highest BCUT2D eigenvalue weighted by atomic mass is 16.5. The molecule has 6 nitrogen and oxygen atoms in total. The molecule has 1 rings (SSSR count). The van der Waals surface area contributed by atoms with Crippen molar-refractivity contribution in [3.05, 3.63) is 12.1 Å². The number of carbonyl (C=O) groups is 1. The van der Waals surface area contributed by atoms with Crippen LogP contribution in [0.3, 0.4) is 0 Å². The molecule has 1 aromatic rings. The van der Waals surface area contributed by atoms with E-state index in [-0.39, 0.29) is 11.8 Å². The van der Waals surface area contributed by atoms with Crippen molar-refractivity contribution in [2.75, 3.05) is 40.2 Å². The smallest absolute Gasteiger partial charge is 0.228 e. The van der Waals surface area contributed by atoms with Crippen LogP contribution in [0.15, 0.2) is 12.1 Å². The molecule has 0 radical (unpaired) electrons. The van der Waals surface area contributed by atoms with Crippen molar-refractivity contribution >= 4 is 11.6 Å². The van der Waals surface area contributed by atoms with Crippen molar-refractivity contribution in [3.63, 3.8) is 0 Å². The highest BCUT2D eigenvalue weighted by molar-refractivity contribution is 5.93. The molecule has 0 aromatic heterocycles. The SMILES string of the molecule is CNCC(C)C(=O)Nc1cc(OC)c(OC)c(OC)c1. The van der Waals surface area contributed by atoms with Gasteiger partial charge in [0, 0.05) is 30.3 Å². The predicted molar refractivity (Wildman–Crippen MR) is 77.8 cm³/mol. The molecule has 0 aliphatic heterocycles. The van der Waals surface area contributed by atoms with Gasteiger partial charge in [-0.1, -0.05) is 6.92 Å². The van der Waals surface area contributed by atoms with Crippen molar-refractivity contribution in [3.8, 4) is 17.2 Å². The Labute approximate surface area is 119 Å². The zero-order chi connectivity index (χ0) is 15.1. The van der Waals surface area contributed by atoms with Gasteiger partial charge in [-0.15, -0.1) is 0 Å². The van der Waals surface area contributed by atoms with Crippen molar-refractivity contribution in [1.82, 2.24) is 5.32 Å². The molecule has 0 saturated carbocycles. The van der Waals surface area contributed by atoms with E-state index in [1.807, 2.05) is 14.0 Å². The van der Waals surface area contributed by atoms with Gasteiger partial charge in [0.25, 0.3) is 0 Å². The van der Waals surface area contributed by atoms with Crippen molar-refractivity contribution in [2.24, 2.45) is 5.92 Å². The highest BCUT2D eigenvalue weighted by Gasteiger charge is 2.16. The zero-order valence-electron chi connectivity index (χ0n) is 12.6. The molecule has 1 unspecified atom stereocenters. The normalized spacial score (nSPS) is 11.7. The first-order valence-corrected chi connectivity index (χ1v) is 6.32. The molecule has 6 heteroatoms. The first-order valence-electron chi connectivity index (χ1n) is 6.32. The van der Waals surface area contributed by atoms with Crippen LogP contribution in [0.2, 0.25) is 0 Å². The average Bonchev–Trinajstić information content (AvgIpc) is 2.46. The Hall–Kier alpha value is -1.95. The summed E-state index contributed by atoms with van der Waals surface area (Å²) in [5, 5.41) is 5.80. The number of carbonyl (C=O) groups excluding carboxylic acids is 1. The number of methoxy groups -OCH3 is 3. The lowest BCUT2D eigenvalue weighted by molar-refractivity contribution is -0.119. The highest BCUT2D eigenvalue weighted by Crippen LogP contribution is 2.39. The van der Waals surface area contributed by atoms with E-state index in [0.717, 1.165) is 0 Å². The summed E-state index contributed by atoms with van der Waals surface area (Å²) >= 11 is 0. The maximum atomic E-state index is 12.0. The Morgan fingerprint density at radius 3 is 2.10 bits per heavy atom. The largest absolute Gasteiger partial charge is 0.493 e. The molecular formula is C14H22N2O4. The average molecular weight is 282 g/mol. The van der Waals surface area contributed by atoms with Gasteiger partial charge in [0.2, 0.25) is 11.7 Å². The molecule has 20 heavy (non-hydrogen) atoms. The first kappa shape index (κ1) is 16.1. The standard InChI is InChI=1S/C14H22N2O4/c1-9(8-15-2)14(17)16-10-6-11(18-3)13(20-5)12(7-10)19-4/h6-7,9,15H,8H2,1-5H3,(H,16,17). The molecule has 0 aliphatic carbocycles. The maximum Gasteiger partial charge on any atom is 0.228 e. The van der Waals surface area contributed by atoms with Gasteiger partial charge in [0.05, 0.1) is 21.3 Å². The quantitative estimate of drug-likeness (QED) is 0.793. The summed E-state index contributed by atoms with van der Waals surface area (Å²) in [6.45, 7) is 2.46. The number of anilines is 1. The maximum absolute atomic E-state index is 12.0. The lowest BCUT2D eigenvalue weighted by Gasteiger charge is -2.16. The molecule has 2 N–H and O–H groups in total. The van der Waals surface area contributed by atoms with Gasteiger partial charge >= 0.3 is 0 Å². The molecular weight excluding hydrogens is 260 g/mol. The number of hydrogen-bond acceptors (Lipinski definition) is 5. The third-order valence-electron chi connectivity index (χ3n) is 2.89. The number of hydrogen-bond donors (Lipinski definition) is 2. The van der Waals surface area contributed by atoms with E-state index in [1.165, 1.54) is 21.3 Å². The van der Waals surface area contributed by atoms with E-state index in [9.17, 15) is 4.79 Å². The minimum absolute atomic E-state index is 0.0753. The minimum atomic E-state index is -0.140. The Kier molecular flexibility index (Phi) is 6.11. The summed E-state index contributed by atoms with van der Waals surface area (Å²) in [5.41, 5.74) is 0.604. The van der Waals surface area contributed by atoms with Gasteiger partial charge in [-0.3, -0.25) is 4.79 Å². The molecule has 1 amide bonds. The van der Waals surface area contributed by atoms with Crippen LogP contribution >= 0.6 is 0 Å². The molecule has 1 atom stereocenters. The Bertz CT molecular complexity index is 437. The molecule has 1 aromatic carbocycles. The topological polar surface area (TPSA) is 68.8 Å². The Morgan fingerprint density at radius 2 is 1.70 bits per heavy atom. The first-order chi connectivity index (χ1) is 9.57. The summed E-state index contributed by atoms with van der Waals surface area (Å²) in [7, 11) is 6.41. The van der Waals surface area contributed by atoms with E-state index >= 15 is 0 Å². The fourth-order valence-corrected chi connectivity index (χ4v) is 1.82. The number of rotatable bonds is 7. The second kappa shape index (κ2) is 7.59. The van der Waals surface area contributed by atoms with Gasteiger partial charge in [0.1, 0.15) is 0 Å². The molecule has 0 fully saturated rings. The van der Waals surface area contributed by atoms with Crippen LogP contribution in [-0.2, 0) is 4.79 Å². The van der Waals surface area contributed by atoms with Crippen LogP contribution in [-0.4, -0.2) is 40.8 Å². The van der Waals surface area contributed by atoms with E-state index in [2.05, 4.69) is 10.6 Å². The second-order valence-electron chi connectivity index (χ2n) is 4.36. The zero-order valence-corrected chi connectivity index (χ0v) is 12.6. The van der Waals surface area contributed by atoms with Crippen LogP contribution in [0.5, 0.6) is 17.2 Å². The Balaban J connectivity index is 2.99. The summed E-state index contributed by atoms with van der Waals surface area (Å²) in [6, 6.07) is 3.40. The fourth-order valence-electron chi connectivity index (χ4n) is 1.82. The van der Waals surface area contributed by atoms with Crippen molar-refractivity contribution in [2.45, 2.75) is 6.92 Å². The molecule has 0 aliphatic rings. The lowest BCUT2D eigenvalue weighted by atomic mass is 10.1. The van der Waals surface area contributed by atoms with Gasteiger partial charge in [0.15, 0.2) is 11.5 Å². The van der Waals surface area contributed by atoms with Crippen LogP contribution in [0, 0.1) is 5.92 Å². The molecule has 0 saturated heterocycles. The fraction of sp³-hybridized carbons (Fsp3) is 0.500. The lowest BCUT2D eigenvalue weighted by Crippen LogP contribution is -2.28. The number of amides is 1. The molecule has 0 spiro atoms. The summed E-state index contributed by atoms with van der Waals surface area (Å²) in [4.78, 5) is 12.0. The van der Waals surface area contributed by atoms with Gasteiger partial charge in [-0.2, -0.15) is 0 Å². The monoisotopic (exact) mass is 282 g/mol. The van der Waals surface area contributed by atoms with Crippen molar-refractivity contribution < 1.29 is 19.0 Å². The van der Waals surface area contributed by atoms with Crippen LogP contribution < -0.4 is 24.8 Å². The number of benzene rings is 1. The molecule has 0 bridgehead atoms. The van der Waals surface area contributed by atoms with Gasteiger partial charge < -0.3 is 24.8 Å². The van der Waals surface area contributed by atoms with Crippen LogP contribution in [0.4, 0.5) is 5.69 Å². The third-order valence-corrected chi connectivity index (χ3v) is 2.89. The Morgan fingerprint density at radius 1 is 1.15 bits per heavy atom. The minimum Gasteiger partial charge on any atom is -0.493 e. The van der Waals surface area contributed by atoms with Gasteiger partial charge in [-0.05, 0) is 7.05 Å². The van der Waals surface area contributed by atoms with Gasteiger partial charge in [-0.25, -0.2) is 0 Å². The van der Waals surface area contributed by atoms with Crippen LogP contribution in [0.25, 0.3) is 0 Å². The van der Waals surface area contributed by atoms with Crippen LogP contribution in [0.1, 0.15) is 6.92 Å². The molecule has 0 heterocycles. The van der Waals surface area contributed by atoms with E-state index < -0.39 is 0 Å². The molecule has 112 valence electrons. The summed E-state index contributed by atoms with van der Waals surface area (Å²) < 4.78 is 15.7.